The molecule has 0 saturated carbocycles. The first-order chi connectivity index (χ1) is 15.3. The van der Waals surface area contributed by atoms with Crippen molar-refractivity contribution in [2.45, 2.75) is 0 Å². The van der Waals surface area contributed by atoms with Crippen molar-refractivity contribution < 1.29 is 4.79 Å². The Morgan fingerprint density at radius 2 is 1.61 bits per heavy atom. The number of carbonyl (C=O) groups excluding carboxylic acids is 1. The fourth-order valence-electron chi connectivity index (χ4n) is 3.88. The first kappa shape index (κ1) is 19.0. The average Bonchev–Trinajstić information content (AvgIpc) is 2.84. The van der Waals surface area contributed by atoms with E-state index in [1.165, 1.54) is 0 Å². The van der Waals surface area contributed by atoms with Crippen LogP contribution in [0, 0.1) is 0 Å². The van der Waals surface area contributed by atoms with E-state index < -0.39 is 0 Å². The predicted octanol–water partition coefficient (Wildman–Crippen LogP) is 3.73. The molecule has 1 aliphatic heterocycles. The molecule has 0 spiro atoms. The summed E-state index contributed by atoms with van der Waals surface area (Å²) < 4.78 is 0. The molecule has 0 bridgehead atoms. The molecule has 0 atom stereocenters. The Labute approximate surface area is 180 Å². The molecule has 5 rings (SSSR count). The molecular weight excluding hydrogens is 388 g/mol. The second-order valence-electron chi connectivity index (χ2n) is 7.41. The number of pyridine rings is 1. The molecule has 2 aromatic carbocycles. The zero-order valence-electron chi connectivity index (χ0n) is 17.0. The van der Waals surface area contributed by atoms with E-state index in [1.807, 2.05) is 71.6 Å². The van der Waals surface area contributed by atoms with Crippen LogP contribution in [0.25, 0.3) is 10.8 Å². The van der Waals surface area contributed by atoms with Crippen LogP contribution in [-0.4, -0.2) is 51.9 Å². The van der Waals surface area contributed by atoms with Gasteiger partial charge in [0, 0.05) is 44.0 Å². The smallest absolute Gasteiger partial charge is 0.254 e. The van der Waals surface area contributed by atoms with Crippen molar-refractivity contribution in [1.29, 1.82) is 0 Å². The molecule has 0 aliphatic carbocycles. The predicted molar refractivity (Wildman–Crippen MR) is 122 cm³/mol. The van der Waals surface area contributed by atoms with E-state index in [-0.39, 0.29) is 5.91 Å². The molecule has 1 amide bonds. The number of anilines is 3. The molecule has 154 valence electrons. The molecule has 0 radical (unpaired) electrons. The zero-order chi connectivity index (χ0) is 21.0. The molecule has 1 N–H and O–H groups in total. The van der Waals surface area contributed by atoms with Gasteiger partial charge in [0.15, 0.2) is 0 Å². The van der Waals surface area contributed by atoms with Gasteiger partial charge in [-0.15, -0.1) is 0 Å². The van der Waals surface area contributed by atoms with Gasteiger partial charge in [0.05, 0.1) is 0 Å². The number of aromatic nitrogens is 3. The lowest BCUT2D eigenvalue weighted by molar-refractivity contribution is 0.0748. The topological polar surface area (TPSA) is 74.2 Å². The van der Waals surface area contributed by atoms with Crippen LogP contribution in [0.1, 0.15) is 10.4 Å². The lowest BCUT2D eigenvalue weighted by Gasteiger charge is -2.35. The van der Waals surface area contributed by atoms with Gasteiger partial charge in [0.2, 0.25) is 0 Å². The number of hydrogen-bond acceptors (Lipinski definition) is 6. The number of carbonyl (C=O) groups is 1. The minimum atomic E-state index is 0.0802. The van der Waals surface area contributed by atoms with Crippen molar-refractivity contribution in [2.75, 3.05) is 36.4 Å². The fourth-order valence-corrected chi connectivity index (χ4v) is 3.88. The molecule has 4 aromatic rings. The van der Waals surface area contributed by atoms with Crippen LogP contribution in [0.2, 0.25) is 0 Å². The summed E-state index contributed by atoms with van der Waals surface area (Å²) >= 11 is 0. The summed E-state index contributed by atoms with van der Waals surface area (Å²) in [5.41, 5.74) is 0.760. The van der Waals surface area contributed by atoms with E-state index in [2.05, 4.69) is 25.2 Å². The molecule has 2 aromatic heterocycles. The van der Waals surface area contributed by atoms with Crippen LogP contribution in [0.3, 0.4) is 0 Å². The van der Waals surface area contributed by atoms with Crippen molar-refractivity contribution in [1.82, 2.24) is 19.9 Å². The van der Waals surface area contributed by atoms with E-state index in [0.717, 1.165) is 41.1 Å². The lowest BCUT2D eigenvalue weighted by atomic mass is 10.0. The number of nitrogens with zero attached hydrogens (tertiary/aromatic N) is 5. The van der Waals surface area contributed by atoms with Crippen LogP contribution in [0.15, 0.2) is 79.3 Å². The van der Waals surface area contributed by atoms with Crippen molar-refractivity contribution in [3.63, 3.8) is 0 Å². The monoisotopic (exact) mass is 410 g/mol. The summed E-state index contributed by atoms with van der Waals surface area (Å²) in [6.07, 6.45) is 3.28. The van der Waals surface area contributed by atoms with Gasteiger partial charge >= 0.3 is 0 Å². The van der Waals surface area contributed by atoms with E-state index in [1.54, 1.807) is 12.5 Å². The number of amides is 1. The maximum absolute atomic E-state index is 13.2. The Bertz CT molecular complexity index is 1200. The Hall–Kier alpha value is -4.00. The SMILES string of the molecule is O=C(c1cccc2ccccc12)N1CCN(c2cc(Nc3ccccn3)ncn2)CC1. The normalized spacial score (nSPS) is 13.9. The van der Waals surface area contributed by atoms with Crippen molar-refractivity contribution in [2.24, 2.45) is 0 Å². The summed E-state index contributed by atoms with van der Waals surface area (Å²) in [5.74, 6) is 2.35. The van der Waals surface area contributed by atoms with E-state index in [9.17, 15) is 4.79 Å². The maximum Gasteiger partial charge on any atom is 0.254 e. The molecule has 0 unspecified atom stereocenters. The minimum Gasteiger partial charge on any atom is -0.353 e. The molecule has 7 nitrogen and oxygen atoms in total. The number of fused-ring (bicyclic) bond motifs is 1. The number of benzene rings is 2. The number of hydrogen-bond donors (Lipinski definition) is 1. The van der Waals surface area contributed by atoms with Gasteiger partial charge in [-0.25, -0.2) is 15.0 Å². The molecule has 1 fully saturated rings. The molecular formula is C24H22N6O. The maximum atomic E-state index is 13.2. The van der Waals surface area contributed by atoms with Crippen LogP contribution in [0.5, 0.6) is 0 Å². The molecule has 31 heavy (non-hydrogen) atoms. The van der Waals surface area contributed by atoms with Gasteiger partial charge in [0.1, 0.15) is 23.8 Å². The Balaban J connectivity index is 1.27. The highest BCUT2D eigenvalue weighted by Gasteiger charge is 2.24. The van der Waals surface area contributed by atoms with Gasteiger partial charge in [-0.3, -0.25) is 4.79 Å². The van der Waals surface area contributed by atoms with Crippen molar-refractivity contribution in [3.8, 4) is 0 Å². The first-order valence-corrected chi connectivity index (χ1v) is 10.3. The first-order valence-electron chi connectivity index (χ1n) is 10.3. The summed E-state index contributed by atoms with van der Waals surface area (Å²) in [5, 5.41) is 5.28. The third kappa shape index (κ3) is 4.02. The van der Waals surface area contributed by atoms with Gasteiger partial charge in [-0.05, 0) is 29.0 Å². The van der Waals surface area contributed by atoms with Crippen molar-refractivity contribution >= 4 is 34.1 Å². The summed E-state index contributed by atoms with van der Waals surface area (Å²) in [4.78, 5) is 30.3. The number of nitrogens with one attached hydrogen (secondary N) is 1. The summed E-state index contributed by atoms with van der Waals surface area (Å²) in [6.45, 7) is 2.73. The van der Waals surface area contributed by atoms with Gasteiger partial charge < -0.3 is 15.1 Å². The van der Waals surface area contributed by atoms with Crippen LogP contribution in [-0.2, 0) is 0 Å². The van der Waals surface area contributed by atoms with Crippen LogP contribution < -0.4 is 10.2 Å². The van der Waals surface area contributed by atoms with Gasteiger partial charge in [-0.2, -0.15) is 0 Å². The standard InChI is InChI=1S/C24H22N6O/c31-24(20-9-5-7-18-6-1-2-8-19(18)20)30-14-12-29(13-15-30)23-16-22(26-17-27-23)28-21-10-3-4-11-25-21/h1-11,16-17H,12-15H2,(H,25,26,27,28). The van der Waals surface area contributed by atoms with Gasteiger partial charge in [-0.1, -0.05) is 42.5 Å². The largest absolute Gasteiger partial charge is 0.353 e. The highest BCUT2D eigenvalue weighted by molar-refractivity contribution is 6.07. The molecule has 7 heteroatoms. The molecule has 1 aliphatic rings. The average molecular weight is 410 g/mol. The second kappa shape index (κ2) is 8.39. The zero-order valence-corrected chi connectivity index (χ0v) is 17.0. The fraction of sp³-hybridized carbons (Fsp3) is 0.167. The van der Waals surface area contributed by atoms with Crippen LogP contribution in [0.4, 0.5) is 17.5 Å². The third-order valence-corrected chi connectivity index (χ3v) is 5.48. The summed E-state index contributed by atoms with van der Waals surface area (Å²) in [7, 11) is 0. The van der Waals surface area contributed by atoms with Gasteiger partial charge in [0.25, 0.3) is 5.91 Å². The van der Waals surface area contributed by atoms with Crippen molar-refractivity contribution in [3.05, 3.63) is 84.8 Å². The molecule has 1 saturated heterocycles. The lowest BCUT2D eigenvalue weighted by Crippen LogP contribution is -2.49. The van der Waals surface area contributed by atoms with E-state index in [4.69, 9.17) is 0 Å². The Morgan fingerprint density at radius 3 is 2.45 bits per heavy atom. The Kier molecular flexibility index (Phi) is 5.14. The second-order valence-corrected chi connectivity index (χ2v) is 7.41. The highest BCUT2D eigenvalue weighted by Crippen LogP contribution is 2.22. The van der Waals surface area contributed by atoms with E-state index in [0.29, 0.717) is 18.9 Å². The van der Waals surface area contributed by atoms with E-state index >= 15 is 0 Å². The third-order valence-electron chi connectivity index (χ3n) is 5.48. The van der Waals surface area contributed by atoms with Crippen LogP contribution >= 0.6 is 0 Å². The summed E-state index contributed by atoms with van der Waals surface area (Å²) in [6, 6.07) is 21.5. The quantitative estimate of drug-likeness (QED) is 0.553. The Morgan fingerprint density at radius 1 is 0.806 bits per heavy atom. The molecule has 3 heterocycles. The number of piperazine rings is 1. The number of rotatable bonds is 4. The minimum absolute atomic E-state index is 0.0802. The highest BCUT2D eigenvalue weighted by atomic mass is 16.2.